The number of hydrogen-bond donors (Lipinski definition) is 1. The number of rotatable bonds is 11. The third-order valence-electron chi connectivity index (χ3n) is 6.29. The largest absolute Gasteiger partial charge is 0.489 e. The minimum atomic E-state index is -0.571. The molecule has 0 saturated heterocycles. The molecular formula is C36H38N2O4. The molecule has 0 heterocycles. The van der Waals surface area contributed by atoms with Gasteiger partial charge in [-0.1, -0.05) is 84.9 Å². The second-order valence-corrected chi connectivity index (χ2v) is 11.0. The predicted molar refractivity (Wildman–Crippen MR) is 168 cm³/mol. The van der Waals surface area contributed by atoms with Gasteiger partial charge in [0.1, 0.15) is 18.0 Å². The quantitative estimate of drug-likeness (QED) is 0.189. The predicted octanol–water partition coefficient (Wildman–Crippen LogP) is 7.90. The first-order chi connectivity index (χ1) is 20.2. The van der Waals surface area contributed by atoms with Crippen molar-refractivity contribution in [2.24, 2.45) is 0 Å². The van der Waals surface area contributed by atoms with Crippen LogP contribution in [0.4, 0.5) is 10.5 Å². The summed E-state index contributed by atoms with van der Waals surface area (Å²) in [4.78, 5) is 27.0. The minimum Gasteiger partial charge on any atom is -0.489 e. The van der Waals surface area contributed by atoms with E-state index >= 15 is 0 Å². The monoisotopic (exact) mass is 562 g/mol. The first kappa shape index (κ1) is 30.1. The van der Waals surface area contributed by atoms with Crippen LogP contribution in [-0.2, 0) is 29.1 Å². The molecule has 0 radical (unpaired) electrons. The van der Waals surface area contributed by atoms with Gasteiger partial charge in [0.2, 0.25) is 5.91 Å². The first-order valence-corrected chi connectivity index (χ1v) is 14.1. The van der Waals surface area contributed by atoms with Crippen LogP contribution in [0.2, 0.25) is 0 Å². The molecule has 42 heavy (non-hydrogen) atoms. The van der Waals surface area contributed by atoms with Gasteiger partial charge in [-0.15, -0.1) is 0 Å². The number of hydrogen-bond acceptors (Lipinski definition) is 4. The van der Waals surface area contributed by atoms with Crippen molar-refractivity contribution in [3.05, 3.63) is 138 Å². The zero-order valence-corrected chi connectivity index (χ0v) is 24.5. The van der Waals surface area contributed by atoms with Crippen molar-refractivity contribution in [3.63, 3.8) is 0 Å². The summed E-state index contributed by atoms with van der Waals surface area (Å²) in [5, 5.41) is 2.90. The van der Waals surface area contributed by atoms with Crippen molar-refractivity contribution >= 4 is 23.8 Å². The molecule has 4 aromatic carbocycles. The number of anilines is 1. The lowest BCUT2D eigenvalue weighted by molar-refractivity contribution is -0.111. The summed E-state index contributed by atoms with van der Waals surface area (Å²) < 4.78 is 11.7. The number of nitrogens with zero attached hydrogens (tertiary/aromatic N) is 1. The van der Waals surface area contributed by atoms with Crippen LogP contribution in [0.5, 0.6) is 5.75 Å². The Kier molecular flexibility index (Phi) is 10.5. The molecule has 0 aliphatic rings. The van der Waals surface area contributed by atoms with Crippen molar-refractivity contribution in [3.8, 4) is 5.75 Å². The summed E-state index contributed by atoms with van der Waals surface area (Å²) in [6.45, 7) is 6.95. The Bertz CT molecular complexity index is 1460. The number of benzene rings is 4. The molecule has 0 fully saturated rings. The molecule has 6 heteroatoms. The van der Waals surface area contributed by atoms with Crippen LogP contribution in [-0.4, -0.2) is 29.0 Å². The van der Waals surface area contributed by atoms with Crippen LogP contribution < -0.4 is 10.1 Å². The lowest BCUT2D eigenvalue weighted by Crippen LogP contribution is -2.37. The molecule has 2 amide bonds. The normalized spacial score (nSPS) is 11.2. The van der Waals surface area contributed by atoms with Gasteiger partial charge >= 0.3 is 6.09 Å². The van der Waals surface area contributed by atoms with Gasteiger partial charge in [-0.2, -0.15) is 0 Å². The van der Waals surface area contributed by atoms with Crippen molar-refractivity contribution < 1.29 is 19.1 Å². The van der Waals surface area contributed by atoms with Gasteiger partial charge in [-0.05, 0) is 79.8 Å². The van der Waals surface area contributed by atoms with E-state index in [-0.39, 0.29) is 12.0 Å². The maximum atomic E-state index is 13.0. The number of carbonyl (C=O) groups is 2. The number of amides is 2. The smallest absolute Gasteiger partial charge is 0.410 e. The average molecular weight is 563 g/mol. The second-order valence-electron chi connectivity index (χ2n) is 11.0. The van der Waals surface area contributed by atoms with Crippen molar-refractivity contribution in [1.82, 2.24) is 4.90 Å². The van der Waals surface area contributed by atoms with Gasteiger partial charge < -0.3 is 19.7 Å². The lowest BCUT2D eigenvalue weighted by Gasteiger charge is -2.27. The van der Waals surface area contributed by atoms with Gasteiger partial charge in [0, 0.05) is 24.9 Å². The molecule has 1 N–H and O–H groups in total. The van der Waals surface area contributed by atoms with Crippen molar-refractivity contribution in [1.29, 1.82) is 0 Å². The van der Waals surface area contributed by atoms with Gasteiger partial charge in [0.15, 0.2) is 0 Å². The van der Waals surface area contributed by atoms with E-state index in [1.807, 2.05) is 118 Å². The van der Waals surface area contributed by atoms with Crippen molar-refractivity contribution in [2.45, 2.75) is 45.9 Å². The fourth-order valence-electron chi connectivity index (χ4n) is 4.21. The Hall–Kier alpha value is -4.84. The Labute approximate surface area is 248 Å². The number of carbonyl (C=O) groups excluding carboxylic acids is 2. The third-order valence-corrected chi connectivity index (χ3v) is 6.29. The maximum Gasteiger partial charge on any atom is 0.410 e. The van der Waals surface area contributed by atoms with E-state index in [0.717, 1.165) is 23.1 Å². The zero-order valence-electron chi connectivity index (χ0n) is 24.5. The summed E-state index contributed by atoms with van der Waals surface area (Å²) in [6.07, 6.45) is 3.71. The number of nitrogens with one attached hydrogen (secondary N) is 1. The summed E-state index contributed by atoms with van der Waals surface area (Å²) in [7, 11) is 0. The minimum absolute atomic E-state index is 0.197. The molecule has 216 valence electrons. The zero-order chi connectivity index (χ0) is 29.8. The highest BCUT2D eigenvalue weighted by molar-refractivity contribution is 6.01. The highest BCUT2D eigenvalue weighted by Crippen LogP contribution is 2.19. The topological polar surface area (TPSA) is 67.9 Å². The number of ether oxygens (including phenoxy) is 2. The first-order valence-electron chi connectivity index (χ1n) is 14.1. The molecule has 0 bridgehead atoms. The maximum absolute atomic E-state index is 13.0. The fraction of sp³-hybridized carbons (Fsp3) is 0.222. The summed E-state index contributed by atoms with van der Waals surface area (Å²) in [5.41, 5.74) is 4.17. The average Bonchev–Trinajstić information content (AvgIpc) is 2.98. The standard InChI is InChI=1S/C36H38N2O4/c1-36(2,3)42-35(40)38(24-23-29-13-8-5-9-14-29)26-30-17-20-33(21-18-30)41-27-31-15-10-16-32(25-31)37-34(39)22-19-28-11-6-4-7-12-28/h4-22,25H,23-24,26-27H2,1-3H3,(H,37,39)/b22-19+. The Morgan fingerprint density at radius 1 is 0.786 bits per heavy atom. The third kappa shape index (κ3) is 10.3. The van der Waals surface area contributed by atoms with E-state index in [4.69, 9.17) is 9.47 Å². The van der Waals surface area contributed by atoms with Crippen LogP contribution >= 0.6 is 0 Å². The molecule has 0 unspecified atom stereocenters. The molecule has 0 atom stereocenters. The summed E-state index contributed by atoms with van der Waals surface area (Å²) in [6, 6.07) is 35.1. The molecule has 0 aliphatic carbocycles. The van der Waals surface area contributed by atoms with E-state index in [1.54, 1.807) is 11.0 Å². The summed E-state index contributed by atoms with van der Waals surface area (Å²) >= 11 is 0. The Morgan fingerprint density at radius 3 is 2.14 bits per heavy atom. The van der Waals surface area contributed by atoms with Crippen LogP contribution in [0.15, 0.2) is 115 Å². The van der Waals surface area contributed by atoms with Crippen molar-refractivity contribution in [2.75, 3.05) is 11.9 Å². The van der Waals surface area contributed by atoms with E-state index in [9.17, 15) is 9.59 Å². The molecule has 4 aromatic rings. The van der Waals surface area contributed by atoms with Gasteiger partial charge in [0.25, 0.3) is 0 Å². The molecular weight excluding hydrogens is 524 g/mol. The van der Waals surface area contributed by atoms with E-state index in [1.165, 1.54) is 11.6 Å². The second kappa shape index (κ2) is 14.7. The van der Waals surface area contributed by atoms with E-state index < -0.39 is 5.60 Å². The highest BCUT2D eigenvalue weighted by Gasteiger charge is 2.22. The molecule has 4 rings (SSSR count). The SMILES string of the molecule is CC(C)(C)OC(=O)N(CCc1ccccc1)Cc1ccc(OCc2cccc(NC(=O)/C=C/c3ccccc3)c2)cc1. The highest BCUT2D eigenvalue weighted by atomic mass is 16.6. The van der Waals surface area contributed by atoms with Gasteiger partial charge in [-0.3, -0.25) is 4.79 Å². The van der Waals surface area contributed by atoms with Crippen LogP contribution in [0.3, 0.4) is 0 Å². The summed E-state index contributed by atoms with van der Waals surface area (Å²) in [5.74, 6) is 0.517. The van der Waals surface area contributed by atoms with E-state index in [2.05, 4.69) is 17.4 Å². The Balaban J connectivity index is 1.32. The molecule has 0 aromatic heterocycles. The lowest BCUT2D eigenvalue weighted by atomic mass is 10.1. The Morgan fingerprint density at radius 2 is 1.45 bits per heavy atom. The molecule has 0 aliphatic heterocycles. The molecule has 0 spiro atoms. The fourth-order valence-corrected chi connectivity index (χ4v) is 4.21. The van der Waals surface area contributed by atoms with Crippen LogP contribution in [0.1, 0.15) is 43.0 Å². The van der Waals surface area contributed by atoms with Gasteiger partial charge in [-0.25, -0.2) is 4.79 Å². The van der Waals surface area contributed by atoms with Crippen LogP contribution in [0.25, 0.3) is 6.08 Å². The molecule has 0 saturated carbocycles. The van der Waals surface area contributed by atoms with Crippen LogP contribution in [0, 0.1) is 0 Å². The van der Waals surface area contributed by atoms with Gasteiger partial charge in [0.05, 0.1) is 0 Å². The molecule has 6 nitrogen and oxygen atoms in total. The van der Waals surface area contributed by atoms with E-state index in [0.29, 0.717) is 31.1 Å².